The summed E-state index contributed by atoms with van der Waals surface area (Å²) in [5.41, 5.74) is -0.0397. The molecule has 0 amide bonds. The van der Waals surface area contributed by atoms with Gasteiger partial charge in [-0.05, 0) is 30.1 Å². The second-order valence-corrected chi connectivity index (χ2v) is 7.81. The van der Waals surface area contributed by atoms with Crippen LogP contribution in [0.25, 0.3) is 0 Å². The van der Waals surface area contributed by atoms with Crippen molar-refractivity contribution in [2.75, 3.05) is 0 Å². The summed E-state index contributed by atoms with van der Waals surface area (Å²) in [7, 11) is 0. The fraction of sp³-hybridized carbons (Fsp3) is 1.00. The van der Waals surface area contributed by atoms with Crippen LogP contribution < -0.4 is 0 Å². The van der Waals surface area contributed by atoms with Crippen LogP contribution in [-0.4, -0.2) is 6.18 Å². The van der Waals surface area contributed by atoms with Crippen molar-refractivity contribution in [1.29, 1.82) is 0 Å². The lowest BCUT2D eigenvalue weighted by molar-refractivity contribution is -0.184. The maximum Gasteiger partial charge on any atom is 0.391 e. The molecule has 0 fully saturated rings. The van der Waals surface area contributed by atoms with Crippen LogP contribution in [0.1, 0.15) is 73.6 Å². The molecule has 0 rings (SSSR count). The van der Waals surface area contributed by atoms with E-state index in [0.29, 0.717) is 6.42 Å². The smallest absolute Gasteiger partial charge is 0.171 e. The highest BCUT2D eigenvalue weighted by Crippen LogP contribution is 2.39. The van der Waals surface area contributed by atoms with Gasteiger partial charge in [0.25, 0.3) is 0 Å². The average molecular weight is 266 g/mol. The quantitative estimate of drug-likeness (QED) is 0.519. The third-order valence-corrected chi connectivity index (χ3v) is 3.05. The van der Waals surface area contributed by atoms with E-state index in [1.807, 2.05) is 20.8 Å². The lowest BCUT2D eigenvalue weighted by Crippen LogP contribution is -2.27. The van der Waals surface area contributed by atoms with E-state index in [-0.39, 0.29) is 23.7 Å². The Kier molecular flexibility index (Phi) is 6.22. The summed E-state index contributed by atoms with van der Waals surface area (Å²) < 4.78 is 38.7. The van der Waals surface area contributed by atoms with Gasteiger partial charge in [0.05, 0.1) is 5.92 Å². The van der Waals surface area contributed by atoms with Gasteiger partial charge < -0.3 is 0 Å². The van der Waals surface area contributed by atoms with E-state index in [9.17, 15) is 13.2 Å². The first-order chi connectivity index (χ1) is 7.81. The van der Waals surface area contributed by atoms with Crippen LogP contribution in [-0.2, 0) is 0 Å². The highest BCUT2D eigenvalue weighted by molar-refractivity contribution is 4.75. The van der Waals surface area contributed by atoms with E-state index in [4.69, 9.17) is 0 Å². The minimum Gasteiger partial charge on any atom is -0.171 e. The molecule has 0 bridgehead atoms. The summed E-state index contributed by atoms with van der Waals surface area (Å²) in [6.07, 6.45) is -0.983. The summed E-state index contributed by atoms with van der Waals surface area (Å²) in [6.45, 7) is 12.0. The van der Waals surface area contributed by atoms with Crippen LogP contribution in [0.4, 0.5) is 13.2 Å². The fourth-order valence-electron chi connectivity index (χ4n) is 2.17. The maximum atomic E-state index is 12.9. The molecule has 0 saturated heterocycles. The van der Waals surface area contributed by atoms with Crippen LogP contribution in [0.5, 0.6) is 0 Å². The first-order valence-corrected chi connectivity index (χ1v) is 6.88. The summed E-state index contributed by atoms with van der Waals surface area (Å²) >= 11 is 0. The zero-order valence-corrected chi connectivity index (χ0v) is 12.7. The van der Waals surface area contributed by atoms with Gasteiger partial charge in [-0.15, -0.1) is 0 Å². The number of hydrogen-bond acceptors (Lipinski definition) is 0. The largest absolute Gasteiger partial charge is 0.391 e. The van der Waals surface area contributed by atoms with E-state index in [1.165, 1.54) is 0 Å². The highest BCUT2D eigenvalue weighted by Gasteiger charge is 2.40. The summed E-state index contributed by atoms with van der Waals surface area (Å²) in [5.74, 6) is -1.14. The third kappa shape index (κ3) is 9.78. The van der Waals surface area contributed by atoms with E-state index >= 15 is 0 Å². The van der Waals surface area contributed by atoms with Crippen LogP contribution >= 0.6 is 0 Å². The maximum absolute atomic E-state index is 12.9. The molecule has 3 heteroatoms. The molecule has 0 aromatic carbocycles. The Bertz CT molecular complexity index is 228. The number of alkyl halides is 3. The number of hydrogen-bond donors (Lipinski definition) is 0. The molecule has 0 spiro atoms. The molecular formula is C15H29F3. The van der Waals surface area contributed by atoms with Crippen molar-refractivity contribution in [3.63, 3.8) is 0 Å². The van der Waals surface area contributed by atoms with Gasteiger partial charge in [0.15, 0.2) is 0 Å². The van der Waals surface area contributed by atoms with Gasteiger partial charge in [0.1, 0.15) is 0 Å². The van der Waals surface area contributed by atoms with Crippen molar-refractivity contribution in [1.82, 2.24) is 0 Å². The Morgan fingerprint density at radius 1 is 0.778 bits per heavy atom. The highest BCUT2D eigenvalue weighted by atomic mass is 19.4. The van der Waals surface area contributed by atoms with E-state index < -0.39 is 12.1 Å². The van der Waals surface area contributed by atoms with Crippen molar-refractivity contribution in [2.45, 2.75) is 79.8 Å². The molecule has 0 nitrogen and oxygen atoms in total. The monoisotopic (exact) mass is 266 g/mol. The number of unbranched alkanes of at least 4 members (excludes halogenated alkanes) is 1. The summed E-state index contributed by atoms with van der Waals surface area (Å²) in [5, 5.41) is 0. The molecule has 0 aliphatic carbocycles. The van der Waals surface area contributed by atoms with Gasteiger partial charge >= 0.3 is 6.18 Å². The lowest BCUT2D eigenvalue weighted by Gasteiger charge is -2.28. The van der Waals surface area contributed by atoms with E-state index in [2.05, 4.69) is 20.8 Å². The van der Waals surface area contributed by atoms with Crippen LogP contribution in [0.2, 0.25) is 0 Å². The van der Waals surface area contributed by atoms with Crippen molar-refractivity contribution in [2.24, 2.45) is 16.7 Å². The normalized spacial score (nSPS) is 15.8. The molecule has 0 saturated carbocycles. The topological polar surface area (TPSA) is 0 Å². The predicted molar refractivity (Wildman–Crippen MR) is 71.5 cm³/mol. The van der Waals surface area contributed by atoms with Crippen LogP contribution in [0.15, 0.2) is 0 Å². The summed E-state index contributed by atoms with van der Waals surface area (Å²) in [6, 6.07) is 0. The molecule has 0 radical (unpaired) electrons. The second-order valence-electron chi connectivity index (χ2n) is 7.81. The predicted octanol–water partition coefficient (Wildman–Crippen LogP) is 6.21. The first kappa shape index (κ1) is 17.8. The Hall–Kier alpha value is -0.210. The Labute approximate surface area is 110 Å². The average Bonchev–Trinajstić information content (AvgIpc) is 2.04. The zero-order valence-electron chi connectivity index (χ0n) is 12.7. The van der Waals surface area contributed by atoms with Gasteiger partial charge in [-0.1, -0.05) is 54.4 Å². The van der Waals surface area contributed by atoms with Gasteiger partial charge in [0.2, 0.25) is 0 Å². The molecular weight excluding hydrogens is 237 g/mol. The zero-order chi connectivity index (χ0) is 14.6. The molecule has 0 aromatic heterocycles. The molecule has 0 aliphatic heterocycles. The van der Waals surface area contributed by atoms with Gasteiger partial charge in [-0.2, -0.15) is 13.2 Å². The van der Waals surface area contributed by atoms with Crippen LogP contribution in [0.3, 0.4) is 0 Å². The van der Waals surface area contributed by atoms with Crippen molar-refractivity contribution >= 4 is 0 Å². The molecule has 0 aliphatic rings. The third-order valence-electron chi connectivity index (χ3n) is 3.05. The molecule has 0 aromatic rings. The minimum absolute atomic E-state index is 0.220. The lowest BCUT2D eigenvalue weighted by atomic mass is 9.81. The van der Waals surface area contributed by atoms with Gasteiger partial charge in [0, 0.05) is 0 Å². The number of rotatable bonds is 5. The Balaban J connectivity index is 4.20. The van der Waals surface area contributed by atoms with Crippen molar-refractivity contribution in [3.05, 3.63) is 0 Å². The standard InChI is InChI=1S/C15H29F3/c1-13(2,3)10-8-7-9-12(15(16,17)18)11-14(4,5)6/h12H,7-11H2,1-6H3/t12-/m0/s1. The van der Waals surface area contributed by atoms with E-state index in [1.54, 1.807) is 0 Å². The fourth-order valence-corrected chi connectivity index (χ4v) is 2.17. The van der Waals surface area contributed by atoms with Gasteiger partial charge in [-0.3, -0.25) is 0 Å². The molecule has 1 atom stereocenters. The Morgan fingerprint density at radius 3 is 1.61 bits per heavy atom. The Morgan fingerprint density at radius 2 is 1.28 bits per heavy atom. The van der Waals surface area contributed by atoms with E-state index in [0.717, 1.165) is 12.8 Å². The van der Waals surface area contributed by atoms with Crippen molar-refractivity contribution < 1.29 is 13.2 Å². The minimum atomic E-state index is -4.05. The summed E-state index contributed by atoms with van der Waals surface area (Å²) in [4.78, 5) is 0. The number of halogens is 3. The molecule has 0 N–H and O–H groups in total. The molecule has 110 valence electrons. The second kappa shape index (κ2) is 6.29. The first-order valence-electron chi connectivity index (χ1n) is 6.88. The molecule has 0 heterocycles. The molecule has 18 heavy (non-hydrogen) atoms. The van der Waals surface area contributed by atoms with Gasteiger partial charge in [-0.25, -0.2) is 0 Å². The van der Waals surface area contributed by atoms with Crippen molar-refractivity contribution in [3.8, 4) is 0 Å². The van der Waals surface area contributed by atoms with Crippen LogP contribution in [0, 0.1) is 16.7 Å². The molecule has 0 unspecified atom stereocenters. The SMILES string of the molecule is CC(C)(C)CCCC[C@@H](CC(C)(C)C)C(F)(F)F.